The van der Waals surface area contributed by atoms with Crippen LogP contribution in [-0.4, -0.2) is 30.6 Å². The molecule has 1 aliphatic rings. The summed E-state index contributed by atoms with van der Waals surface area (Å²) in [6, 6.07) is 7.61. The summed E-state index contributed by atoms with van der Waals surface area (Å²) in [5.74, 6) is 1.60. The van der Waals surface area contributed by atoms with Crippen LogP contribution in [0.2, 0.25) is 5.02 Å². The first-order valence-electron chi connectivity index (χ1n) is 9.61. The van der Waals surface area contributed by atoms with Crippen LogP contribution in [0, 0.1) is 13.8 Å². The molecule has 1 atom stereocenters. The van der Waals surface area contributed by atoms with Crippen molar-refractivity contribution in [1.82, 2.24) is 19.1 Å². The van der Waals surface area contributed by atoms with Crippen LogP contribution >= 0.6 is 23.1 Å². The van der Waals surface area contributed by atoms with Gasteiger partial charge in [-0.05, 0) is 50.9 Å². The van der Waals surface area contributed by atoms with Crippen LogP contribution < -0.4 is 0 Å². The first-order valence-corrected chi connectivity index (χ1v) is 10.8. The lowest BCUT2D eigenvalue weighted by molar-refractivity contribution is -0.120. The summed E-state index contributed by atoms with van der Waals surface area (Å²) in [7, 11) is 0. The predicted octanol–water partition coefficient (Wildman–Crippen LogP) is 4.82. The molecule has 0 bridgehead atoms. The number of ketones is 1. The fourth-order valence-electron chi connectivity index (χ4n) is 3.78. The lowest BCUT2D eigenvalue weighted by Gasteiger charge is -2.23. The van der Waals surface area contributed by atoms with Crippen molar-refractivity contribution >= 4 is 34.6 Å². The van der Waals surface area contributed by atoms with E-state index in [-0.39, 0.29) is 12.2 Å². The second-order valence-electron chi connectivity index (χ2n) is 7.56. The molecule has 8 heteroatoms. The third-order valence-electron chi connectivity index (χ3n) is 5.14. The van der Waals surface area contributed by atoms with Gasteiger partial charge >= 0.3 is 0 Å². The van der Waals surface area contributed by atoms with Gasteiger partial charge in [0.15, 0.2) is 5.82 Å². The van der Waals surface area contributed by atoms with Crippen molar-refractivity contribution in [1.29, 1.82) is 0 Å². The summed E-state index contributed by atoms with van der Waals surface area (Å²) >= 11 is 7.51. The van der Waals surface area contributed by atoms with Gasteiger partial charge in [0.05, 0.1) is 17.0 Å². The number of halogens is 1. The molecule has 6 nitrogen and oxygen atoms in total. The number of carbonyl (C=O) groups is 1. The first kappa shape index (κ1) is 19.9. The Kier molecular flexibility index (Phi) is 5.12. The Morgan fingerprint density at radius 2 is 1.93 bits per heavy atom. The monoisotopic (exact) mass is 427 g/mol. The summed E-state index contributed by atoms with van der Waals surface area (Å²) < 4.78 is 6.59. The highest BCUT2D eigenvalue weighted by Gasteiger charge is 2.40. The second-order valence-corrected chi connectivity index (χ2v) is 8.75. The molecule has 0 fully saturated rings. The summed E-state index contributed by atoms with van der Waals surface area (Å²) in [5.41, 5.74) is 2.76. The van der Waals surface area contributed by atoms with E-state index in [1.165, 1.54) is 11.5 Å². The van der Waals surface area contributed by atoms with Crippen molar-refractivity contribution in [2.75, 3.05) is 0 Å². The van der Waals surface area contributed by atoms with Crippen LogP contribution in [0.5, 0.6) is 0 Å². The van der Waals surface area contributed by atoms with Crippen LogP contribution in [0.15, 0.2) is 29.3 Å². The van der Waals surface area contributed by atoms with E-state index < -0.39 is 5.54 Å². The maximum atomic E-state index is 12.7. The van der Waals surface area contributed by atoms with Gasteiger partial charge < -0.3 is 0 Å². The number of fused-ring (bicyclic) bond motifs is 3. The fraction of sp³-hybridized carbons (Fsp3) is 0.381. The van der Waals surface area contributed by atoms with E-state index in [0.29, 0.717) is 17.3 Å². The van der Waals surface area contributed by atoms with Gasteiger partial charge in [-0.1, -0.05) is 30.7 Å². The van der Waals surface area contributed by atoms with Crippen molar-refractivity contribution in [2.24, 2.45) is 4.99 Å². The highest BCUT2D eigenvalue weighted by atomic mass is 35.5. The molecule has 29 heavy (non-hydrogen) atoms. The van der Waals surface area contributed by atoms with Crippen molar-refractivity contribution in [3.8, 4) is 5.00 Å². The van der Waals surface area contributed by atoms with E-state index in [2.05, 4.69) is 14.6 Å². The van der Waals surface area contributed by atoms with E-state index in [0.717, 1.165) is 39.8 Å². The number of aromatic nitrogens is 4. The SMILES string of the molecule is CCCC(=O)CC1(C)N=C(c2ccc(Cl)cc2)c2c(C)nsc2-n2c(C)nnc21. The number of benzene rings is 1. The minimum absolute atomic E-state index is 0.168. The molecule has 3 aromatic rings. The zero-order chi connectivity index (χ0) is 20.8. The van der Waals surface area contributed by atoms with E-state index in [4.69, 9.17) is 16.6 Å². The van der Waals surface area contributed by atoms with Crippen LogP contribution in [0.25, 0.3) is 5.00 Å². The quantitative estimate of drug-likeness (QED) is 0.585. The molecule has 0 saturated carbocycles. The van der Waals surface area contributed by atoms with Crippen LogP contribution in [0.1, 0.15) is 61.6 Å². The number of aliphatic imine (C=N–C) groups is 1. The zero-order valence-corrected chi connectivity index (χ0v) is 18.4. The topological polar surface area (TPSA) is 73.0 Å². The Labute approximate surface area is 178 Å². The third kappa shape index (κ3) is 3.42. The summed E-state index contributed by atoms with van der Waals surface area (Å²) in [4.78, 5) is 17.8. The van der Waals surface area contributed by atoms with Gasteiger partial charge in [0, 0.05) is 23.4 Å². The smallest absolute Gasteiger partial charge is 0.166 e. The Balaban J connectivity index is 1.99. The molecule has 4 rings (SSSR count). The van der Waals surface area contributed by atoms with Crippen LogP contribution in [0.4, 0.5) is 0 Å². The Bertz CT molecular complexity index is 1110. The standard InChI is InChI=1S/C21H22ClN5OS/c1-5-6-16(28)11-21(4)20-25-24-13(3)27(20)19-17(12(2)26-29-19)18(23-21)14-7-9-15(22)10-8-14/h7-10H,5-6,11H2,1-4H3. The van der Waals surface area contributed by atoms with Crippen molar-refractivity contribution in [3.05, 3.63) is 57.8 Å². The first-order chi connectivity index (χ1) is 13.8. The highest BCUT2D eigenvalue weighted by Crippen LogP contribution is 2.39. The molecule has 0 saturated heterocycles. The van der Waals surface area contributed by atoms with E-state index >= 15 is 0 Å². The minimum atomic E-state index is -0.826. The number of hydrogen-bond acceptors (Lipinski definition) is 6. The molecule has 0 N–H and O–H groups in total. The molecule has 1 aromatic carbocycles. The van der Waals surface area contributed by atoms with Gasteiger partial charge in [-0.2, -0.15) is 4.37 Å². The maximum absolute atomic E-state index is 12.7. The minimum Gasteiger partial charge on any atom is -0.300 e. The average Bonchev–Trinajstić information content (AvgIpc) is 3.20. The molecule has 2 aromatic heterocycles. The average molecular weight is 428 g/mol. The lowest BCUT2D eigenvalue weighted by atomic mass is 9.92. The number of rotatable bonds is 5. The number of aryl methyl sites for hydroxylation is 2. The zero-order valence-electron chi connectivity index (χ0n) is 16.9. The largest absolute Gasteiger partial charge is 0.300 e. The third-order valence-corrected chi connectivity index (χ3v) is 6.31. The highest BCUT2D eigenvalue weighted by molar-refractivity contribution is 7.09. The van der Waals surface area contributed by atoms with Gasteiger partial charge in [0.2, 0.25) is 0 Å². The number of carbonyl (C=O) groups excluding carboxylic acids is 1. The Hall–Kier alpha value is -2.38. The van der Waals surface area contributed by atoms with Gasteiger partial charge in [-0.3, -0.25) is 14.4 Å². The van der Waals surface area contributed by atoms with Crippen molar-refractivity contribution in [2.45, 2.75) is 52.5 Å². The fourth-order valence-corrected chi connectivity index (χ4v) is 4.85. The lowest BCUT2D eigenvalue weighted by Crippen LogP contribution is -2.28. The number of nitrogens with zero attached hydrogens (tertiary/aromatic N) is 5. The molecule has 150 valence electrons. The molecule has 0 radical (unpaired) electrons. The molecular formula is C21H22ClN5OS. The number of hydrogen-bond donors (Lipinski definition) is 0. The number of Topliss-reactive ketones (excluding diaryl/α,β-unsaturated/α-hetero) is 1. The van der Waals surface area contributed by atoms with E-state index in [1.807, 2.05) is 56.5 Å². The predicted molar refractivity (Wildman–Crippen MR) is 115 cm³/mol. The molecule has 0 aliphatic carbocycles. The van der Waals surface area contributed by atoms with E-state index in [9.17, 15) is 4.79 Å². The summed E-state index contributed by atoms with van der Waals surface area (Å²) in [6.07, 6.45) is 1.61. The molecule has 1 aliphatic heterocycles. The van der Waals surface area contributed by atoms with E-state index in [1.54, 1.807) is 0 Å². The van der Waals surface area contributed by atoms with Crippen LogP contribution in [-0.2, 0) is 10.3 Å². The Morgan fingerprint density at radius 1 is 1.21 bits per heavy atom. The molecule has 0 spiro atoms. The Morgan fingerprint density at radius 3 is 2.62 bits per heavy atom. The maximum Gasteiger partial charge on any atom is 0.166 e. The molecule has 1 unspecified atom stereocenters. The van der Waals surface area contributed by atoms with Gasteiger partial charge in [-0.25, -0.2) is 0 Å². The molecular weight excluding hydrogens is 406 g/mol. The molecule has 0 amide bonds. The summed E-state index contributed by atoms with van der Waals surface area (Å²) in [6.45, 7) is 7.87. The van der Waals surface area contributed by atoms with Crippen LogP contribution in [0.3, 0.4) is 0 Å². The van der Waals surface area contributed by atoms with Crippen molar-refractivity contribution < 1.29 is 4.79 Å². The summed E-state index contributed by atoms with van der Waals surface area (Å²) in [5, 5.41) is 10.3. The second kappa shape index (κ2) is 7.46. The molecule has 3 heterocycles. The van der Waals surface area contributed by atoms with Gasteiger partial charge in [0.1, 0.15) is 22.1 Å². The van der Waals surface area contributed by atoms with Gasteiger partial charge in [0.25, 0.3) is 0 Å². The normalized spacial score (nSPS) is 18.0. The van der Waals surface area contributed by atoms with Crippen molar-refractivity contribution in [3.63, 3.8) is 0 Å². The van der Waals surface area contributed by atoms with Gasteiger partial charge in [-0.15, -0.1) is 10.2 Å².